The first-order valence-electron chi connectivity index (χ1n) is 5.64. The number of halogens is 1. The molecule has 3 unspecified atom stereocenters. The fraction of sp³-hybridized carbons (Fsp3) is 0.500. The second kappa shape index (κ2) is 4.91. The predicted molar refractivity (Wildman–Crippen MR) is 62.3 cm³/mol. The van der Waals surface area contributed by atoms with Gasteiger partial charge in [0.05, 0.1) is 6.04 Å². The highest BCUT2D eigenvalue weighted by molar-refractivity contribution is 5.23. The summed E-state index contributed by atoms with van der Waals surface area (Å²) in [4.78, 5) is 0. The van der Waals surface area contributed by atoms with E-state index in [1.807, 2.05) is 19.2 Å². The van der Waals surface area contributed by atoms with Gasteiger partial charge in [0.2, 0.25) is 0 Å². The van der Waals surface area contributed by atoms with E-state index in [-0.39, 0.29) is 11.9 Å². The van der Waals surface area contributed by atoms with Gasteiger partial charge in [-0.05, 0) is 20.0 Å². The maximum atomic E-state index is 13.7. The van der Waals surface area contributed by atoms with Crippen LogP contribution in [0.4, 0.5) is 4.39 Å². The SMILES string of the molecule is CNCC1C(C)NNC1c1ccccc1F. The maximum Gasteiger partial charge on any atom is 0.128 e. The summed E-state index contributed by atoms with van der Waals surface area (Å²) in [6, 6.07) is 7.31. The molecular formula is C12H18FN3. The summed E-state index contributed by atoms with van der Waals surface area (Å²) in [5.74, 6) is 0.207. The minimum absolute atomic E-state index is 0.0312. The molecule has 1 aliphatic rings. The Labute approximate surface area is 95.4 Å². The molecule has 0 aromatic heterocycles. The molecule has 1 aromatic carbocycles. The first kappa shape index (κ1) is 11.5. The van der Waals surface area contributed by atoms with E-state index < -0.39 is 0 Å². The summed E-state index contributed by atoms with van der Waals surface area (Å²) in [7, 11) is 1.92. The van der Waals surface area contributed by atoms with Gasteiger partial charge in [0.25, 0.3) is 0 Å². The summed E-state index contributed by atoms with van der Waals surface area (Å²) in [6.07, 6.45) is 0. The van der Waals surface area contributed by atoms with E-state index in [4.69, 9.17) is 0 Å². The zero-order chi connectivity index (χ0) is 11.5. The Hall–Kier alpha value is -0.970. The summed E-state index contributed by atoms with van der Waals surface area (Å²) in [5, 5.41) is 3.16. The van der Waals surface area contributed by atoms with E-state index in [0.29, 0.717) is 12.0 Å². The van der Waals surface area contributed by atoms with Crippen LogP contribution >= 0.6 is 0 Å². The molecule has 1 saturated heterocycles. The Morgan fingerprint density at radius 3 is 2.75 bits per heavy atom. The van der Waals surface area contributed by atoms with Gasteiger partial charge in [0.1, 0.15) is 5.82 Å². The molecule has 3 N–H and O–H groups in total. The van der Waals surface area contributed by atoms with Crippen LogP contribution in [-0.4, -0.2) is 19.6 Å². The van der Waals surface area contributed by atoms with Crippen LogP contribution in [0.15, 0.2) is 24.3 Å². The highest BCUT2D eigenvalue weighted by Gasteiger charge is 2.34. The average molecular weight is 223 g/mol. The Balaban J connectivity index is 2.23. The summed E-state index contributed by atoms with van der Waals surface area (Å²) in [6.45, 7) is 2.97. The van der Waals surface area contributed by atoms with E-state index >= 15 is 0 Å². The summed E-state index contributed by atoms with van der Waals surface area (Å²) in [5.41, 5.74) is 7.08. The molecular weight excluding hydrogens is 205 g/mol. The molecule has 0 radical (unpaired) electrons. The zero-order valence-corrected chi connectivity index (χ0v) is 9.63. The van der Waals surface area contributed by atoms with Crippen molar-refractivity contribution < 1.29 is 4.39 Å². The molecule has 2 rings (SSSR count). The van der Waals surface area contributed by atoms with Crippen LogP contribution in [-0.2, 0) is 0 Å². The van der Waals surface area contributed by atoms with Crippen LogP contribution < -0.4 is 16.2 Å². The number of nitrogens with one attached hydrogen (secondary N) is 3. The van der Waals surface area contributed by atoms with Gasteiger partial charge in [0, 0.05) is 24.1 Å². The third-order valence-corrected chi connectivity index (χ3v) is 3.22. The Morgan fingerprint density at radius 1 is 1.31 bits per heavy atom. The van der Waals surface area contributed by atoms with Crippen molar-refractivity contribution in [2.45, 2.75) is 19.0 Å². The minimum atomic E-state index is -0.142. The monoisotopic (exact) mass is 223 g/mol. The molecule has 0 saturated carbocycles. The predicted octanol–water partition coefficient (Wildman–Crippen LogP) is 1.20. The first-order chi connectivity index (χ1) is 7.74. The molecule has 0 bridgehead atoms. The number of hydrazine groups is 1. The lowest BCUT2D eigenvalue weighted by molar-refractivity contribution is 0.407. The van der Waals surface area contributed by atoms with E-state index in [1.165, 1.54) is 6.07 Å². The van der Waals surface area contributed by atoms with Crippen LogP contribution in [0.1, 0.15) is 18.5 Å². The van der Waals surface area contributed by atoms with Crippen LogP contribution in [0.5, 0.6) is 0 Å². The van der Waals surface area contributed by atoms with Gasteiger partial charge < -0.3 is 5.32 Å². The molecule has 1 fully saturated rings. The Bertz CT molecular complexity index is 356. The van der Waals surface area contributed by atoms with Gasteiger partial charge in [-0.1, -0.05) is 18.2 Å². The molecule has 0 aliphatic carbocycles. The van der Waals surface area contributed by atoms with Gasteiger partial charge in [-0.25, -0.2) is 9.82 Å². The van der Waals surface area contributed by atoms with E-state index in [0.717, 1.165) is 12.1 Å². The molecule has 1 aliphatic heterocycles. The highest BCUT2D eigenvalue weighted by Crippen LogP contribution is 2.29. The van der Waals surface area contributed by atoms with Gasteiger partial charge in [-0.2, -0.15) is 0 Å². The summed E-state index contributed by atoms with van der Waals surface area (Å²) >= 11 is 0. The van der Waals surface area contributed by atoms with Crippen molar-refractivity contribution in [3.05, 3.63) is 35.6 Å². The van der Waals surface area contributed by atoms with Crippen LogP contribution in [0.25, 0.3) is 0 Å². The van der Waals surface area contributed by atoms with Crippen molar-refractivity contribution in [1.82, 2.24) is 16.2 Å². The third kappa shape index (κ3) is 2.09. The molecule has 1 heterocycles. The van der Waals surface area contributed by atoms with Crippen molar-refractivity contribution >= 4 is 0 Å². The van der Waals surface area contributed by atoms with Crippen molar-refractivity contribution in [1.29, 1.82) is 0 Å². The first-order valence-corrected chi connectivity index (χ1v) is 5.64. The van der Waals surface area contributed by atoms with Crippen LogP contribution in [0, 0.1) is 11.7 Å². The lowest BCUT2D eigenvalue weighted by Gasteiger charge is -2.21. The van der Waals surface area contributed by atoms with Crippen molar-refractivity contribution in [2.75, 3.05) is 13.6 Å². The number of hydrogen-bond acceptors (Lipinski definition) is 3. The topological polar surface area (TPSA) is 36.1 Å². The second-order valence-corrected chi connectivity index (χ2v) is 4.30. The molecule has 16 heavy (non-hydrogen) atoms. The van der Waals surface area contributed by atoms with E-state index in [1.54, 1.807) is 6.07 Å². The Morgan fingerprint density at radius 2 is 2.06 bits per heavy atom. The molecule has 3 atom stereocenters. The van der Waals surface area contributed by atoms with Crippen LogP contribution in [0.3, 0.4) is 0 Å². The smallest absolute Gasteiger partial charge is 0.128 e. The average Bonchev–Trinajstić information content (AvgIpc) is 2.62. The molecule has 1 aromatic rings. The molecule has 88 valence electrons. The molecule has 0 amide bonds. The van der Waals surface area contributed by atoms with Gasteiger partial charge in [-0.3, -0.25) is 5.43 Å². The quantitative estimate of drug-likeness (QED) is 0.720. The lowest BCUT2D eigenvalue weighted by Crippen LogP contribution is -2.31. The van der Waals surface area contributed by atoms with Crippen molar-refractivity contribution in [3.63, 3.8) is 0 Å². The molecule has 3 nitrogen and oxygen atoms in total. The van der Waals surface area contributed by atoms with Gasteiger partial charge >= 0.3 is 0 Å². The zero-order valence-electron chi connectivity index (χ0n) is 9.63. The van der Waals surface area contributed by atoms with Gasteiger partial charge in [0.15, 0.2) is 0 Å². The highest BCUT2D eigenvalue weighted by atomic mass is 19.1. The third-order valence-electron chi connectivity index (χ3n) is 3.22. The largest absolute Gasteiger partial charge is 0.319 e. The molecule has 0 spiro atoms. The number of benzene rings is 1. The second-order valence-electron chi connectivity index (χ2n) is 4.30. The fourth-order valence-corrected chi connectivity index (χ4v) is 2.29. The van der Waals surface area contributed by atoms with Crippen molar-refractivity contribution in [2.24, 2.45) is 5.92 Å². The minimum Gasteiger partial charge on any atom is -0.319 e. The van der Waals surface area contributed by atoms with E-state index in [9.17, 15) is 4.39 Å². The van der Waals surface area contributed by atoms with E-state index in [2.05, 4.69) is 23.1 Å². The standard InChI is InChI=1S/C12H18FN3/c1-8-10(7-14-2)12(16-15-8)9-5-3-4-6-11(9)13/h3-6,8,10,12,14-16H,7H2,1-2H3. The fourth-order valence-electron chi connectivity index (χ4n) is 2.29. The van der Waals surface area contributed by atoms with Crippen molar-refractivity contribution in [3.8, 4) is 0 Å². The van der Waals surface area contributed by atoms with Gasteiger partial charge in [-0.15, -0.1) is 0 Å². The normalized spacial score (nSPS) is 29.6. The lowest BCUT2D eigenvalue weighted by atomic mass is 9.90. The number of rotatable bonds is 3. The van der Waals surface area contributed by atoms with Crippen LogP contribution in [0.2, 0.25) is 0 Å². The number of hydrogen-bond donors (Lipinski definition) is 3. The molecule has 4 heteroatoms. The maximum absolute atomic E-state index is 13.7. The summed E-state index contributed by atoms with van der Waals surface area (Å²) < 4.78 is 13.7. The Kier molecular flexibility index (Phi) is 3.53.